The molecule has 0 bridgehead atoms. The van der Waals surface area contributed by atoms with Crippen LogP contribution in [-0.2, 0) is 4.79 Å². The summed E-state index contributed by atoms with van der Waals surface area (Å²) >= 11 is 0. The molecular weight excluding hydrogens is 178 g/mol. The van der Waals surface area contributed by atoms with Crippen LogP contribution in [0.15, 0.2) is 18.2 Å². The molecule has 0 saturated heterocycles. The van der Waals surface area contributed by atoms with Crippen LogP contribution in [0, 0.1) is 11.6 Å². The molecule has 0 aliphatic heterocycles. The first-order chi connectivity index (χ1) is 6.02. The van der Waals surface area contributed by atoms with E-state index in [9.17, 15) is 13.6 Å². The molecule has 0 aromatic heterocycles. The number of carboxylic acids is 1. The monoisotopic (exact) mass is 186 g/mol. The van der Waals surface area contributed by atoms with E-state index in [2.05, 4.69) is 0 Å². The van der Waals surface area contributed by atoms with E-state index in [1.807, 2.05) is 0 Å². The van der Waals surface area contributed by atoms with Gasteiger partial charge in [0.2, 0.25) is 0 Å². The van der Waals surface area contributed by atoms with Gasteiger partial charge in [0, 0.05) is 11.6 Å². The highest BCUT2D eigenvalue weighted by molar-refractivity contribution is 5.75. The number of aliphatic carboxylic acids is 1. The van der Waals surface area contributed by atoms with Gasteiger partial charge in [-0.3, -0.25) is 4.79 Å². The maximum Gasteiger partial charge on any atom is 0.310 e. The molecule has 1 aromatic carbocycles. The van der Waals surface area contributed by atoms with Crippen LogP contribution < -0.4 is 0 Å². The van der Waals surface area contributed by atoms with Gasteiger partial charge in [0.25, 0.3) is 0 Å². The summed E-state index contributed by atoms with van der Waals surface area (Å²) in [5.41, 5.74) is -0.00565. The molecule has 0 aliphatic carbocycles. The second-order valence-electron chi connectivity index (χ2n) is 2.73. The second-order valence-corrected chi connectivity index (χ2v) is 2.73. The minimum atomic E-state index is -1.13. The molecule has 2 nitrogen and oxygen atoms in total. The molecule has 0 amide bonds. The molecule has 0 fully saturated rings. The molecule has 1 atom stereocenters. The van der Waals surface area contributed by atoms with Crippen molar-refractivity contribution in [3.8, 4) is 0 Å². The normalized spacial score (nSPS) is 12.5. The molecular formula is C9H8F2O2. The molecule has 0 aliphatic rings. The lowest BCUT2D eigenvalue weighted by Gasteiger charge is -2.06. The van der Waals surface area contributed by atoms with Gasteiger partial charge in [0.15, 0.2) is 0 Å². The fourth-order valence-electron chi connectivity index (χ4n) is 0.986. The average Bonchev–Trinajstić information content (AvgIpc) is 2.03. The van der Waals surface area contributed by atoms with Gasteiger partial charge in [0.1, 0.15) is 11.6 Å². The zero-order valence-corrected chi connectivity index (χ0v) is 6.92. The first-order valence-electron chi connectivity index (χ1n) is 3.70. The van der Waals surface area contributed by atoms with Crippen LogP contribution in [-0.4, -0.2) is 11.1 Å². The summed E-state index contributed by atoms with van der Waals surface area (Å²) in [6.07, 6.45) is 0. The van der Waals surface area contributed by atoms with Crippen molar-refractivity contribution in [1.82, 2.24) is 0 Å². The van der Waals surface area contributed by atoms with Crippen LogP contribution in [0.3, 0.4) is 0 Å². The fourth-order valence-corrected chi connectivity index (χ4v) is 0.986. The lowest BCUT2D eigenvalue weighted by atomic mass is 10.0. The fraction of sp³-hybridized carbons (Fsp3) is 0.222. The van der Waals surface area contributed by atoms with E-state index in [-0.39, 0.29) is 5.56 Å². The standard InChI is InChI=1S/C9H8F2O2/c1-5(9(12)13)7-3-2-6(10)4-8(7)11/h2-5H,1H3,(H,12,13)/t5-/m0/s1. The van der Waals surface area contributed by atoms with E-state index in [1.54, 1.807) is 0 Å². The first kappa shape index (κ1) is 9.64. The average molecular weight is 186 g/mol. The molecule has 0 unspecified atom stereocenters. The number of halogens is 2. The maximum absolute atomic E-state index is 13.0. The van der Waals surface area contributed by atoms with Gasteiger partial charge < -0.3 is 5.11 Å². The third-order valence-electron chi connectivity index (χ3n) is 1.80. The molecule has 4 heteroatoms. The largest absolute Gasteiger partial charge is 0.481 e. The van der Waals surface area contributed by atoms with E-state index < -0.39 is 23.5 Å². The van der Waals surface area contributed by atoms with Crippen LogP contribution in [0.1, 0.15) is 18.4 Å². The molecule has 70 valence electrons. The van der Waals surface area contributed by atoms with Crippen molar-refractivity contribution in [1.29, 1.82) is 0 Å². The Hall–Kier alpha value is -1.45. The van der Waals surface area contributed by atoms with Crippen LogP contribution in [0.25, 0.3) is 0 Å². The minimum Gasteiger partial charge on any atom is -0.481 e. The molecule has 0 saturated carbocycles. The number of carboxylic acid groups (broad SMARTS) is 1. The van der Waals surface area contributed by atoms with Crippen molar-refractivity contribution in [2.75, 3.05) is 0 Å². The number of rotatable bonds is 2. The Kier molecular flexibility index (Phi) is 2.60. The van der Waals surface area contributed by atoms with Gasteiger partial charge in [-0.25, -0.2) is 8.78 Å². The molecule has 13 heavy (non-hydrogen) atoms. The van der Waals surface area contributed by atoms with E-state index in [1.165, 1.54) is 6.92 Å². The van der Waals surface area contributed by atoms with Crippen molar-refractivity contribution >= 4 is 5.97 Å². The molecule has 1 N–H and O–H groups in total. The van der Waals surface area contributed by atoms with Crippen molar-refractivity contribution < 1.29 is 18.7 Å². The van der Waals surface area contributed by atoms with Crippen molar-refractivity contribution in [3.63, 3.8) is 0 Å². The Labute approximate surface area is 73.8 Å². The summed E-state index contributed by atoms with van der Waals surface area (Å²) < 4.78 is 25.4. The highest BCUT2D eigenvalue weighted by Crippen LogP contribution is 2.19. The predicted molar refractivity (Wildman–Crippen MR) is 42.4 cm³/mol. The van der Waals surface area contributed by atoms with Gasteiger partial charge >= 0.3 is 5.97 Å². The van der Waals surface area contributed by atoms with Gasteiger partial charge in [0.05, 0.1) is 5.92 Å². The number of hydrogen-bond acceptors (Lipinski definition) is 1. The van der Waals surface area contributed by atoms with Crippen LogP contribution in [0.2, 0.25) is 0 Å². The summed E-state index contributed by atoms with van der Waals surface area (Å²) in [5, 5.41) is 8.57. The Morgan fingerprint density at radius 2 is 2.08 bits per heavy atom. The maximum atomic E-state index is 13.0. The quantitative estimate of drug-likeness (QED) is 0.768. The van der Waals surface area contributed by atoms with Crippen molar-refractivity contribution in [3.05, 3.63) is 35.4 Å². The van der Waals surface area contributed by atoms with E-state index in [0.717, 1.165) is 12.1 Å². The summed E-state index contributed by atoms with van der Waals surface area (Å²) in [6.45, 7) is 1.35. The molecule has 1 rings (SSSR count). The predicted octanol–water partition coefficient (Wildman–Crippen LogP) is 2.15. The molecule has 0 heterocycles. The number of carbonyl (C=O) groups is 1. The van der Waals surface area contributed by atoms with Crippen LogP contribution in [0.4, 0.5) is 8.78 Å². The van der Waals surface area contributed by atoms with E-state index in [4.69, 9.17) is 5.11 Å². The summed E-state index contributed by atoms with van der Waals surface area (Å²) in [4.78, 5) is 10.5. The lowest BCUT2D eigenvalue weighted by molar-refractivity contribution is -0.138. The highest BCUT2D eigenvalue weighted by atomic mass is 19.1. The summed E-state index contributed by atoms with van der Waals surface area (Å²) in [6, 6.07) is 2.86. The van der Waals surface area contributed by atoms with Crippen molar-refractivity contribution in [2.45, 2.75) is 12.8 Å². The molecule has 0 radical (unpaired) electrons. The zero-order chi connectivity index (χ0) is 10.0. The van der Waals surface area contributed by atoms with Crippen LogP contribution in [0.5, 0.6) is 0 Å². The highest BCUT2D eigenvalue weighted by Gasteiger charge is 2.17. The molecule has 1 aromatic rings. The lowest BCUT2D eigenvalue weighted by Crippen LogP contribution is -2.09. The SMILES string of the molecule is C[C@H](C(=O)O)c1ccc(F)cc1F. The Balaban J connectivity index is 3.08. The van der Waals surface area contributed by atoms with Gasteiger partial charge in [-0.05, 0) is 13.0 Å². The van der Waals surface area contributed by atoms with Gasteiger partial charge in [-0.15, -0.1) is 0 Å². The number of hydrogen-bond donors (Lipinski definition) is 1. The third-order valence-corrected chi connectivity index (χ3v) is 1.80. The topological polar surface area (TPSA) is 37.3 Å². The summed E-state index contributed by atoms with van der Waals surface area (Å²) in [7, 11) is 0. The van der Waals surface area contributed by atoms with Crippen LogP contribution >= 0.6 is 0 Å². The Bertz CT molecular complexity index is 336. The first-order valence-corrected chi connectivity index (χ1v) is 3.70. The number of benzene rings is 1. The van der Waals surface area contributed by atoms with E-state index >= 15 is 0 Å². The Morgan fingerprint density at radius 3 is 2.54 bits per heavy atom. The smallest absolute Gasteiger partial charge is 0.310 e. The molecule has 0 spiro atoms. The van der Waals surface area contributed by atoms with Gasteiger partial charge in [-0.1, -0.05) is 6.07 Å². The third kappa shape index (κ3) is 2.02. The van der Waals surface area contributed by atoms with E-state index in [0.29, 0.717) is 6.07 Å². The Morgan fingerprint density at radius 1 is 1.46 bits per heavy atom. The minimum absolute atomic E-state index is 0.00565. The van der Waals surface area contributed by atoms with Crippen molar-refractivity contribution in [2.24, 2.45) is 0 Å². The zero-order valence-electron chi connectivity index (χ0n) is 6.92. The van der Waals surface area contributed by atoms with Gasteiger partial charge in [-0.2, -0.15) is 0 Å². The second kappa shape index (κ2) is 3.51. The summed E-state index contributed by atoms with van der Waals surface area (Å²) in [5.74, 6) is -3.63.